The number of hydrogen-bond acceptors (Lipinski definition) is 5. The topological polar surface area (TPSA) is 73.8 Å². The second kappa shape index (κ2) is 10.1. The summed E-state index contributed by atoms with van der Waals surface area (Å²) in [5.41, 5.74) is 10.6. The van der Waals surface area contributed by atoms with E-state index in [2.05, 4.69) is 17.4 Å². The van der Waals surface area contributed by atoms with Gasteiger partial charge in [0.25, 0.3) is 0 Å². The number of rotatable bonds is 7. The van der Waals surface area contributed by atoms with Crippen LogP contribution in [0, 0.1) is 5.82 Å². The summed E-state index contributed by atoms with van der Waals surface area (Å²) >= 11 is 6.37. The Labute approximate surface area is 215 Å². The Morgan fingerprint density at radius 3 is 2.58 bits per heavy atom. The van der Waals surface area contributed by atoms with Crippen LogP contribution in [-0.2, 0) is 12.1 Å². The quantitative estimate of drug-likeness (QED) is 0.335. The predicted octanol–water partition coefficient (Wildman–Crippen LogP) is 5.70. The molecule has 2 aromatic carbocycles. The summed E-state index contributed by atoms with van der Waals surface area (Å²) in [5, 5.41) is 3.99. The van der Waals surface area contributed by atoms with Crippen LogP contribution < -0.4 is 20.5 Å². The van der Waals surface area contributed by atoms with Crippen LogP contribution in [0.1, 0.15) is 36.8 Å². The summed E-state index contributed by atoms with van der Waals surface area (Å²) in [5.74, 6) is 1.01. The molecule has 3 N–H and O–H groups in total. The Morgan fingerprint density at radius 2 is 1.86 bits per heavy atom. The number of nitrogens with two attached hydrogens (primary N) is 1. The predicted molar refractivity (Wildman–Crippen MR) is 140 cm³/mol. The number of imidazole rings is 1. The van der Waals surface area contributed by atoms with Crippen LogP contribution in [0.2, 0.25) is 5.02 Å². The molecule has 0 saturated heterocycles. The second-order valence-electron chi connectivity index (χ2n) is 9.40. The Morgan fingerprint density at radius 1 is 1.11 bits per heavy atom. The average Bonchev–Trinajstić information content (AvgIpc) is 3.32. The van der Waals surface area contributed by atoms with Gasteiger partial charge < -0.3 is 24.9 Å². The summed E-state index contributed by atoms with van der Waals surface area (Å²) in [7, 11) is 3.18. The van der Waals surface area contributed by atoms with Gasteiger partial charge in [-0.25, -0.2) is 9.37 Å². The van der Waals surface area contributed by atoms with Crippen molar-refractivity contribution in [2.45, 2.75) is 43.8 Å². The van der Waals surface area contributed by atoms with Crippen molar-refractivity contribution >= 4 is 17.2 Å². The zero-order valence-corrected chi connectivity index (χ0v) is 21.2. The molecular formula is C28H30ClFN4O2. The molecule has 0 aliphatic heterocycles. The minimum absolute atomic E-state index is 0.170. The average molecular weight is 509 g/mol. The van der Waals surface area contributed by atoms with Crippen molar-refractivity contribution in [3.63, 3.8) is 0 Å². The minimum Gasteiger partial charge on any atom is -0.496 e. The van der Waals surface area contributed by atoms with E-state index in [1.165, 1.54) is 6.07 Å². The molecule has 0 unspecified atom stereocenters. The molecular weight excluding hydrogens is 479 g/mol. The van der Waals surface area contributed by atoms with Gasteiger partial charge in [-0.15, -0.1) is 0 Å². The fraction of sp³-hybridized carbons (Fsp3) is 0.321. The normalized spacial score (nSPS) is 20.0. The largest absolute Gasteiger partial charge is 0.496 e. The highest BCUT2D eigenvalue weighted by atomic mass is 35.5. The lowest BCUT2D eigenvalue weighted by Crippen LogP contribution is -2.45. The zero-order chi connectivity index (χ0) is 25.3. The molecule has 1 aliphatic rings. The van der Waals surface area contributed by atoms with E-state index in [0.29, 0.717) is 34.7 Å². The zero-order valence-electron chi connectivity index (χ0n) is 20.4. The Kier molecular flexibility index (Phi) is 6.88. The van der Waals surface area contributed by atoms with Gasteiger partial charge in [-0.3, -0.25) is 0 Å². The fourth-order valence-corrected chi connectivity index (χ4v) is 5.24. The first kappa shape index (κ1) is 24.6. The Hall–Kier alpha value is -3.13. The van der Waals surface area contributed by atoms with E-state index in [-0.39, 0.29) is 5.82 Å². The molecule has 6 nitrogen and oxygen atoms in total. The summed E-state index contributed by atoms with van der Waals surface area (Å²) in [6.45, 7) is 0.524. The van der Waals surface area contributed by atoms with Gasteiger partial charge in [0, 0.05) is 47.7 Å². The van der Waals surface area contributed by atoms with Crippen LogP contribution in [0.5, 0.6) is 11.5 Å². The van der Waals surface area contributed by atoms with Gasteiger partial charge in [0.05, 0.1) is 24.9 Å². The lowest BCUT2D eigenvalue weighted by molar-refractivity contribution is 0.250. The molecule has 0 amide bonds. The molecule has 5 rings (SSSR count). The van der Waals surface area contributed by atoms with Crippen LogP contribution in [0.4, 0.5) is 4.39 Å². The van der Waals surface area contributed by atoms with Gasteiger partial charge in [0.1, 0.15) is 23.0 Å². The van der Waals surface area contributed by atoms with E-state index < -0.39 is 5.54 Å². The van der Waals surface area contributed by atoms with Gasteiger partial charge >= 0.3 is 0 Å². The van der Waals surface area contributed by atoms with Crippen LogP contribution in [0.25, 0.3) is 16.9 Å². The van der Waals surface area contributed by atoms with Gasteiger partial charge in [0.2, 0.25) is 0 Å². The lowest BCUT2D eigenvalue weighted by Gasteiger charge is -2.38. The van der Waals surface area contributed by atoms with Crippen LogP contribution >= 0.6 is 11.6 Å². The third-order valence-electron chi connectivity index (χ3n) is 7.20. The molecule has 1 aliphatic carbocycles. The highest BCUT2D eigenvalue weighted by Gasteiger charge is 2.33. The van der Waals surface area contributed by atoms with Crippen LogP contribution in [0.15, 0.2) is 60.9 Å². The number of aromatic nitrogens is 2. The third-order valence-corrected chi connectivity index (χ3v) is 7.50. The maximum Gasteiger partial charge on any atom is 0.141 e. The molecule has 0 radical (unpaired) electrons. The molecule has 0 atom stereocenters. The van der Waals surface area contributed by atoms with E-state index >= 15 is 0 Å². The van der Waals surface area contributed by atoms with Crippen molar-refractivity contribution in [1.82, 2.24) is 14.7 Å². The summed E-state index contributed by atoms with van der Waals surface area (Å²) < 4.78 is 26.8. The SMILES string of the molecule is COc1cc(OC)c(-c2cn3ccc(C4(N)CCC(NCc5ccccc5F)CC4)cc3n2)cc1Cl. The number of fused-ring (bicyclic) bond motifs is 1. The second-order valence-corrected chi connectivity index (χ2v) is 9.80. The van der Waals surface area contributed by atoms with Crippen molar-refractivity contribution in [1.29, 1.82) is 0 Å². The van der Waals surface area contributed by atoms with Crippen molar-refractivity contribution in [3.05, 3.63) is 82.9 Å². The number of nitrogens with zero attached hydrogens (tertiary/aromatic N) is 2. The van der Waals surface area contributed by atoms with Gasteiger partial charge in [-0.2, -0.15) is 0 Å². The van der Waals surface area contributed by atoms with Crippen molar-refractivity contribution < 1.29 is 13.9 Å². The highest BCUT2D eigenvalue weighted by molar-refractivity contribution is 6.32. The lowest BCUT2D eigenvalue weighted by atomic mass is 9.76. The number of hydrogen-bond donors (Lipinski definition) is 2. The summed E-state index contributed by atoms with van der Waals surface area (Å²) in [6, 6.07) is 14.9. The monoisotopic (exact) mass is 508 g/mol. The number of pyridine rings is 1. The first-order valence-corrected chi connectivity index (χ1v) is 12.4. The van der Waals surface area contributed by atoms with Crippen molar-refractivity contribution in [2.75, 3.05) is 14.2 Å². The summed E-state index contributed by atoms with van der Waals surface area (Å²) in [6.07, 6.45) is 7.48. The third kappa shape index (κ3) is 4.78. The number of ether oxygens (including phenoxy) is 2. The van der Waals surface area contributed by atoms with E-state index in [0.717, 1.165) is 48.2 Å². The van der Waals surface area contributed by atoms with Crippen molar-refractivity contribution in [3.8, 4) is 22.8 Å². The number of benzene rings is 2. The molecule has 188 valence electrons. The number of nitrogens with one attached hydrogen (secondary N) is 1. The molecule has 2 aromatic heterocycles. The van der Waals surface area contributed by atoms with E-state index in [1.54, 1.807) is 26.4 Å². The van der Waals surface area contributed by atoms with E-state index in [4.69, 9.17) is 31.8 Å². The van der Waals surface area contributed by atoms with Crippen LogP contribution in [-0.4, -0.2) is 29.6 Å². The fourth-order valence-electron chi connectivity index (χ4n) is 5.00. The molecule has 4 aromatic rings. The Balaban J connectivity index is 1.32. The maximum absolute atomic E-state index is 13.9. The molecule has 1 saturated carbocycles. The molecule has 8 heteroatoms. The highest BCUT2D eigenvalue weighted by Crippen LogP contribution is 2.39. The van der Waals surface area contributed by atoms with Gasteiger partial charge in [-0.1, -0.05) is 29.8 Å². The van der Waals surface area contributed by atoms with Crippen LogP contribution in [0.3, 0.4) is 0 Å². The molecule has 0 bridgehead atoms. The minimum atomic E-state index is -0.425. The van der Waals surface area contributed by atoms with E-state index in [9.17, 15) is 4.39 Å². The first-order valence-electron chi connectivity index (χ1n) is 12.1. The van der Waals surface area contributed by atoms with E-state index in [1.807, 2.05) is 35.0 Å². The Bertz CT molecular complexity index is 1380. The smallest absolute Gasteiger partial charge is 0.141 e. The molecule has 1 fully saturated rings. The first-order chi connectivity index (χ1) is 17.4. The number of methoxy groups -OCH3 is 2. The molecule has 2 heterocycles. The summed E-state index contributed by atoms with van der Waals surface area (Å²) in [4.78, 5) is 4.84. The standard InChI is InChI=1S/C28H30ClFN4O2/c1-35-25-15-26(36-2)22(29)14-21(25)24-17-34-12-9-19(13-27(34)33-24)28(31)10-7-20(8-11-28)32-16-18-5-3-4-6-23(18)30/h3-6,9,12-15,17,20,32H,7-8,10-11,16,31H2,1-2H3. The van der Waals surface area contributed by atoms with Gasteiger partial charge in [-0.05, 0) is 55.5 Å². The maximum atomic E-state index is 13.9. The van der Waals surface area contributed by atoms with Gasteiger partial charge in [0.15, 0.2) is 0 Å². The number of halogens is 2. The molecule has 36 heavy (non-hydrogen) atoms. The molecule has 0 spiro atoms. The van der Waals surface area contributed by atoms with Crippen molar-refractivity contribution in [2.24, 2.45) is 5.73 Å².